The van der Waals surface area contributed by atoms with E-state index in [0.29, 0.717) is 41.9 Å². The second kappa shape index (κ2) is 7.26. The number of amides is 1. The van der Waals surface area contributed by atoms with E-state index in [1.807, 2.05) is 0 Å². The van der Waals surface area contributed by atoms with Gasteiger partial charge in [-0.15, -0.1) is 0 Å². The van der Waals surface area contributed by atoms with E-state index in [9.17, 15) is 14.4 Å². The maximum absolute atomic E-state index is 12.8. The molecule has 0 bridgehead atoms. The fraction of sp³-hybridized carbons (Fsp3) is 0.450. The normalized spacial score (nSPS) is 19.1. The summed E-state index contributed by atoms with van der Waals surface area (Å²) < 4.78 is 21.2. The highest BCUT2D eigenvalue weighted by Gasteiger charge is 2.45. The summed E-state index contributed by atoms with van der Waals surface area (Å²) in [4.78, 5) is 37.3. The number of ether oxygens (including phenoxy) is 3. The first-order valence-electron chi connectivity index (χ1n) is 9.32. The summed E-state index contributed by atoms with van der Waals surface area (Å²) in [7, 11) is 0. The fourth-order valence-electron chi connectivity index (χ4n) is 3.72. The van der Waals surface area contributed by atoms with E-state index in [1.54, 1.807) is 24.8 Å². The molecule has 0 aliphatic carbocycles. The van der Waals surface area contributed by atoms with Gasteiger partial charge in [-0.05, 0) is 25.5 Å². The highest BCUT2D eigenvalue weighted by molar-refractivity contribution is 6.32. The Labute approximate surface area is 171 Å². The van der Waals surface area contributed by atoms with Gasteiger partial charge in [0.05, 0.1) is 5.02 Å². The number of carbonyl (C=O) groups is 2. The average Bonchev–Trinajstić information content (AvgIpc) is 3.03. The molecule has 8 nitrogen and oxygen atoms in total. The molecular formula is C20H20ClNO7. The Morgan fingerprint density at radius 2 is 1.97 bits per heavy atom. The summed E-state index contributed by atoms with van der Waals surface area (Å²) in [6.45, 7) is 4.51. The Bertz CT molecular complexity index is 1040. The van der Waals surface area contributed by atoms with Crippen molar-refractivity contribution in [2.24, 2.45) is 0 Å². The van der Waals surface area contributed by atoms with E-state index in [-0.39, 0.29) is 18.3 Å². The van der Waals surface area contributed by atoms with Crippen molar-refractivity contribution in [3.05, 3.63) is 39.2 Å². The molecule has 1 spiro atoms. The largest absolute Gasteiger partial charge is 0.509 e. The van der Waals surface area contributed by atoms with Crippen molar-refractivity contribution in [3.8, 4) is 5.75 Å². The molecule has 0 radical (unpaired) electrons. The molecular weight excluding hydrogens is 402 g/mol. The summed E-state index contributed by atoms with van der Waals surface area (Å²) in [5, 5.41) is 1.03. The van der Waals surface area contributed by atoms with Gasteiger partial charge < -0.3 is 23.5 Å². The zero-order valence-electron chi connectivity index (χ0n) is 16.0. The van der Waals surface area contributed by atoms with Crippen LogP contribution in [-0.4, -0.2) is 48.4 Å². The van der Waals surface area contributed by atoms with E-state index in [4.69, 9.17) is 30.2 Å². The van der Waals surface area contributed by atoms with Gasteiger partial charge >= 0.3 is 11.8 Å². The standard InChI is InChI=1S/C20H20ClNO7/c1-11-7-17(23)28-15-9-16(14(21)8-13(11)15)27-12(2)18(24)22-5-3-20(4-6-22)10-26-19(25)29-20/h7-9,12H,3-6,10H2,1-2H3. The van der Waals surface area contributed by atoms with Crippen LogP contribution in [0, 0.1) is 6.92 Å². The van der Waals surface area contributed by atoms with Crippen molar-refractivity contribution in [2.75, 3.05) is 19.7 Å². The number of aryl methyl sites for hydroxylation is 1. The van der Waals surface area contributed by atoms with Gasteiger partial charge in [0.25, 0.3) is 5.91 Å². The van der Waals surface area contributed by atoms with Crippen molar-refractivity contribution in [3.63, 3.8) is 0 Å². The van der Waals surface area contributed by atoms with Gasteiger partial charge in [0.2, 0.25) is 0 Å². The van der Waals surface area contributed by atoms with Gasteiger partial charge in [-0.25, -0.2) is 9.59 Å². The molecule has 29 heavy (non-hydrogen) atoms. The highest BCUT2D eigenvalue weighted by atomic mass is 35.5. The van der Waals surface area contributed by atoms with E-state index < -0.39 is 23.5 Å². The maximum atomic E-state index is 12.8. The molecule has 9 heteroatoms. The molecule has 1 amide bonds. The number of cyclic esters (lactones) is 1. The van der Waals surface area contributed by atoms with E-state index in [1.165, 1.54) is 12.1 Å². The molecule has 2 aliphatic heterocycles. The lowest BCUT2D eigenvalue weighted by Crippen LogP contribution is -2.51. The van der Waals surface area contributed by atoms with Crippen molar-refractivity contribution in [1.82, 2.24) is 4.90 Å². The minimum absolute atomic E-state index is 0.202. The lowest BCUT2D eigenvalue weighted by molar-refractivity contribution is -0.141. The molecule has 3 heterocycles. The van der Waals surface area contributed by atoms with Crippen molar-refractivity contribution >= 4 is 34.6 Å². The van der Waals surface area contributed by atoms with Gasteiger partial charge in [-0.2, -0.15) is 0 Å². The van der Waals surface area contributed by atoms with Crippen molar-refractivity contribution in [2.45, 2.75) is 38.4 Å². The number of fused-ring (bicyclic) bond motifs is 1. The number of benzene rings is 1. The molecule has 1 atom stereocenters. The van der Waals surface area contributed by atoms with Crippen LogP contribution in [0.4, 0.5) is 4.79 Å². The minimum Gasteiger partial charge on any atom is -0.479 e. The quantitative estimate of drug-likeness (QED) is 0.555. The zero-order chi connectivity index (χ0) is 20.8. The molecule has 2 aliphatic rings. The number of rotatable bonds is 3. The maximum Gasteiger partial charge on any atom is 0.509 e. The van der Waals surface area contributed by atoms with Gasteiger partial charge in [0, 0.05) is 43.5 Å². The zero-order valence-corrected chi connectivity index (χ0v) is 16.8. The van der Waals surface area contributed by atoms with Gasteiger partial charge in [0.15, 0.2) is 11.7 Å². The minimum atomic E-state index is -0.794. The number of hydrogen-bond donors (Lipinski definition) is 0. The first-order valence-corrected chi connectivity index (χ1v) is 9.69. The fourth-order valence-corrected chi connectivity index (χ4v) is 3.92. The smallest absolute Gasteiger partial charge is 0.479 e. The number of nitrogens with zero attached hydrogens (tertiary/aromatic N) is 1. The third kappa shape index (κ3) is 3.76. The lowest BCUT2D eigenvalue weighted by atomic mass is 9.92. The van der Waals surface area contributed by atoms with Crippen molar-refractivity contribution < 1.29 is 28.2 Å². The number of likely N-dealkylation sites (tertiary alicyclic amines) is 1. The Kier molecular flexibility index (Phi) is 4.90. The monoisotopic (exact) mass is 421 g/mol. The van der Waals surface area contributed by atoms with Crippen LogP contribution in [0.5, 0.6) is 5.75 Å². The highest BCUT2D eigenvalue weighted by Crippen LogP contribution is 2.34. The predicted molar refractivity (Wildman–Crippen MR) is 103 cm³/mol. The Balaban J connectivity index is 1.46. The summed E-state index contributed by atoms with van der Waals surface area (Å²) in [5.74, 6) is 0.0623. The van der Waals surface area contributed by atoms with Crippen LogP contribution in [0.2, 0.25) is 5.02 Å². The van der Waals surface area contributed by atoms with Crippen molar-refractivity contribution in [1.29, 1.82) is 0 Å². The lowest BCUT2D eigenvalue weighted by Gasteiger charge is -2.37. The average molecular weight is 422 g/mol. The molecule has 1 unspecified atom stereocenters. The molecule has 0 N–H and O–H groups in total. The third-order valence-corrected chi connectivity index (χ3v) is 5.69. The first-order chi connectivity index (χ1) is 13.8. The number of piperidine rings is 1. The molecule has 1 aromatic heterocycles. The SMILES string of the molecule is Cc1cc(=O)oc2cc(OC(C)C(=O)N3CCC4(CC3)COC(=O)O4)c(Cl)cc12. The van der Waals surface area contributed by atoms with Crippen LogP contribution in [0.1, 0.15) is 25.3 Å². The summed E-state index contributed by atoms with van der Waals surface area (Å²) >= 11 is 6.31. The molecule has 154 valence electrons. The molecule has 2 fully saturated rings. The van der Waals surface area contributed by atoms with E-state index in [2.05, 4.69) is 0 Å². The Morgan fingerprint density at radius 1 is 1.24 bits per heavy atom. The summed E-state index contributed by atoms with van der Waals surface area (Å²) in [6.07, 6.45) is -0.427. The molecule has 1 aromatic carbocycles. The summed E-state index contributed by atoms with van der Waals surface area (Å²) in [6, 6.07) is 4.57. The van der Waals surface area contributed by atoms with Crippen LogP contribution in [-0.2, 0) is 14.3 Å². The number of carbonyl (C=O) groups excluding carboxylic acids is 2. The topological polar surface area (TPSA) is 95.3 Å². The van der Waals surface area contributed by atoms with Gasteiger partial charge in [0.1, 0.15) is 17.9 Å². The molecule has 2 aromatic rings. The molecule has 4 rings (SSSR count). The van der Waals surface area contributed by atoms with Crippen LogP contribution >= 0.6 is 11.6 Å². The van der Waals surface area contributed by atoms with Crippen LogP contribution in [0.25, 0.3) is 11.0 Å². The molecule has 0 saturated carbocycles. The van der Waals surface area contributed by atoms with Gasteiger partial charge in [-0.1, -0.05) is 11.6 Å². The first kappa shape index (κ1) is 19.6. The van der Waals surface area contributed by atoms with Crippen LogP contribution < -0.4 is 10.4 Å². The third-order valence-electron chi connectivity index (χ3n) is 5.39. The molecule has 2 saturated heterocycles. The number of hydrogen-bond acceptors (Lipinski definition) is 7. The Morgan fingerprint density at radius 3 is 2.62 bits per heavy atom. The number of halogens is 1. The predicted octanol–water partition coefficient (Wildman–Crippen LogP) is 3.05. The van der Waals surface area contributed by atoms with Gasteiger partial charge in [-0.3, -0.25) is 4.79 Å². The second-order valence-electron chi connectivity index (χ2n) is 7.44. The second-order valence-corrected chi connectivity index (χ2v) is 7.84. The summed E-state index contributed by atoms with van der Waals surface area (Å²) in [5.41, 5.74) is -0.00873. The van der Waals surface area contributed by atoms with E-state index in [0.717, 1.165) is 5.56 Å². The van der Waals surface area contributed by atoms with Crippen LogP contribution in [0.15, 0.2) is 27.4 Å². The van der Waals surface area contributed by atoms with E-state index >= 15 is 0 Å². The Hall–Kier alpha value is -2.74. The van der Waals surface area contributed by atoms with Crippen LogP contribution in [0.3, 0.4) is 0 Å².